The first-order valence-electron chi connectivity index (χ1n) is 6.87. The molecule has 0 saturated heterocycles. The molecule has 0 saturated carbocycles. The molecule has 100 valence electrons. The van der Waals surface area contributed by atoms with Crippen molar-refractivity contribution in [1.29, 1.82) is 0 Å². The maximum Gasteiger partial charge on any atom is 0.123 e. The van der Waals surface area contributed by atoms with E-state index in [4.69, 9.17) is 4.74 Å². The largest absolute Gasteiger partial charge is 0.507 e. The Morgan fingerprint density at radius 3 is 2.50 bits per heavy atom. The minimum Gasteiger partial charge on any atom is -0.507 e. The molecule has 2 nitrogen and oxygen atoms in total. The Morgan fingerprint density at radius 1 is 1.28 bits per heavy atom. The van der Waals surface area contributed by atoms with Crippen LogP contribution in [-0.2, 0) is 0 Å². The van der Waals surface area contributed by atoms with Crippen LogP contribution < -0.4 is 4.74 Å². The number of rotatable bonds is 2. The van der Waals surface area contributed by atoms with Gasteiger partial charge < -0.3 is 9.84 Å². The molecule has 18 heavy (non-hydrogen) atoms. The molecule has 0 aliphatic heterocycles. The van der Waals surface area contributed by atoms with Crippen LogP contribution in [0.3, 0.4) is 0 Å². The highest BCUT2D eigenvalue weighted by molar-refractivity contribution is 5.56. The smallest absolute Gasteiger partial charge is 0.123 e. The van der Waals surface area contributed by atoms with Crippen LogP contribution >= 0.6 is 0 Å². The standard InChI is InChI=1S/C16H24O2/c1-9(2)12-7-6-10(3)14-13(18-5)8-11(4)16(17)15(12)14/h8-10,12,17H,6-7H2,1-5H3. The quantitative estimate of drug-likeness (QED) is 0.843. The number of aryl methyl sites for hydroxylation is 1. The van der Waals surface area contributed by atoms with E-state index < -0.39 is 0 Å². The SMILES string of the molecule is COc1cc(C)c(O)c2c1C(C)CCC2C(C)C. The van der Waals surface area contributed by atoms with Crippen molar-refractivity contribution in [3.8, 4) is 11.5 Å². The number of hydrogen-bond acceptors (Lipinski definition) is 2. The normalized spacial score (nSPS) is 23.0. The lowest BCUT2D eigenvalue weighted by Gasteiger charge is -2.34. The number of phenolic OH excluding ortho intramolecular Hbond substituents is 1. The van der Waals surface area contributed by atoms with E-state index in [1.165, 1.54) is 12.0 Å². The second kappa shape index (κ2) is 4.83. The van der Waals surface area contributed by atoms with Gasteiger partial charge >= 0.3 is 0 Å². The number of benzene rings is 1. The third kappa shape index (κ3) is 1.98. The van der Waals surface area contributed by atoms with E-state index in [2.05, 4.69) is 20.8 Å². The molecule has 0 bridgehead atoms. The number of fused-ring (bicyclic) bond motifs is 1. The summed E-state index contributed by atoms with van der Waals surface area (Å²) >= 11 is 0. The predicted molar refractivity (Wildman–Crippen MR) is 74.6 cm³/mol. The van der Waals surface area contributed by atoms with Gasteiger partial charge in [-0.3, -0.25) is 0 Å². The van der Waals surface area contributed by atoms with E-state index in [0.717, 1.165) is 23.3 Å². The molecule has 2 atom stereocenters. The zero-order valence-electron chi connectivity index (χ0n) is 12.1. The van der Waals surface area contributed by atoms with E-state index in [1.807, 2.05) is 13.0 Å². The molecule has 2 rings (SSSR count). The summed E-state index contributed by atoms with van der Waals surface area (Å²) in [6, 6.07) is 1.97. The first-order chi connectivity index (χ1) is 8.47. The van der Waals surface area contributed by atoms with Crippen LogP contribution in [0.5, 0.6) is 11.5 Å². The maximum atomic E-state index is 10.4. The molecule has 1 aromatic carbocycles. The van der Waals surface area contributed by atoms with Crippen LogP contribution in [-0.4, -0.2) is 12.2 Å². The lowest BCUT2D eigenvalue weighted by atomic mass is 9.72. The summed E-state index contributed by atoms with van der Waals surface area (Å²) in [5, 5.41) is 10.4. The minimum absolute atomic E-state index is 0.449. The fraction of sp³-hybridized carbons (Fsp3) is 0.625. The first kappa shape index (κ1) is 13.3. The van der Waals surface area contributed by atoms with Gasteiger partial charge in [-0.2, -0.15) is 0 Å². The van der Waals surface area contributed by atoms with Crippen molar-refractivity contribution in [2.45, 2.75) is 52.4 Å². The molecule has 0 aromatic heterocycles. The van der Waals surface area contributed by atoms with Crippen molar-refractivity contribution in [2.24, 2.45) is 5.92 Å². The first-order valence-corrected chi connectivity index (χ1v) is 6.87. The average Bonchev–Trinajstić information content (AvgIpc) is 2.33. The van der Waals surface area contributed by atoms with Gasteiger partial charge in [-0.25, -0.2) is 0 Å². The third-order valence-corrected chi connectivity index (χ3v) is 4.33. The van der Waals surface area contributed by atoms with Gasteiger partial charge in [0.1, 0.15) is 11.5 Å². The second-order valence-electron chi connectivity index (χ2n) is 5.90. The van der Waals surface area contributed by atoms with E-state index in [1.54, 1.807) is 7.11 Å². The zero-order valence-corrected chi connectivity index (χ0v) is 12.1. The van der Waals surface area contributed by atoms with Crippen LogP contribution in [0.25, 0.3) is 0 Å². The van der Waals surface area contributed by atoms with Crippen molar-refractivity contribution >= 4 is 0 Å². The van der Waals surface area contributed by atoms with Crippen molar-refractivity contribution in [1.82, 2.24) is 0 Å². The van der Waals surface area contributed by atoms with E-state index in [0.29, 0.717) is 23.5 Å². The number of phenols is 1. The molecule has 0 fully saturated rings. The number of methoxy groups -OCH3 is 1. The van der Waals surface area contributed by atoms with Crippen LogP contribution in [0.15, 0.2) is 6.07 Å². The molecule has 0 heterocycles. The van der Waals surface area contributed by atoms with E-state index in [-0.39, 0.29) is 0 Å². The van der Waals surface area contributed by atoms with E-state index in [9.17, 15) is 5.11 Å². The third-order valence-electron chi connectivity index (χ3n) is 4.33. The van der Waals surface area contributed by atoms with Gasteiger partial charge in [0.25, 0.3) is 0 Å². The molecule has 0 spiro atoms. The summed E-state index contributed by atoms with van der Waals surface area (Å²) in [6.45, 7) is 8.65. The topological polar surface area (TPSA) is 29.5 Å². The van der Waals surface area contributed by atoms with Gasteiger partial charge in [0.15, 0.2) is 0 Å². The number of hydrogen-bond donors (Lipinski definition) is 1. The molecule has 1 aliphatic rings. The highest BCUT2D eigenvalue weighted by Crippen LogP contribution is 2.50. The van der Waals surface area contributed by atoms with Gasteiger partial charge in [-0.05, 0) is 49.1 Å². The van der Waals surface area contributed by atoms with Crippen molar-refractivity contribution < 1.29 is 9.84 Å². The summed E-state index contributed by atoms with van der Waals surface area (Å²) in [4.78, 5) is 0. The van der Waals surface area contributed by atoms with Gasteiger partial charge in [-0.1, -0.05) is 20.8 Å². The van der Waals surface area contributed by atoms with Crippen molar-refractivity contribution in [2.75, 3.05) is 7.11 Å². The highest BCUT2D eigenvalue weighted by atomic mass is 16.5. The number of ether oxygens (including phenoxy) is 1. The zero-order chi connectivity index (χ0) is 13.4. The summed E-state index contributed by atoms with van der Waals surface area (Å²) in [6.07, 6.45) is 2.33. The molecule has 1 aromatic rings. The fourth-order valence-corrected chi connectivity index (χ4v) is 3.25. The molecule has 1 N–H and O–H groups in total. The summed E-state index contributed by atoms with van der Waals surface area (Å²) in [7, 11) is 1.72. The molecule has 2 heteroatoms. The molecule has 0 radical (unpaired) electrons. The van der Waals surface area contributed by atoms with Crippen molar-refractivity contribution in [3.05, 3.63) is 22.8 Å². The lowest BCUT2D eigenvalue weighted by molar-refractivity contribution is 0.358. The van der Waals surface area contributed by atoms with Gasteiger partial charge in [-0.15, -0.1) is 0 Å². The molecule has 0 amide bonds. The number of aromatic hydroxyl groups is 1. The van der Waals surface area contributed by atoms with Crippen molar-refractivity contribution in [3.63, 3.8) is 0 Å². The van der Waals surface area contributed by atoms with E-state index >= 15 is 0 Å². The summed E-state index contributed by atoms with van der Waals surface area (Å²) in [5.41, 5.74) is 3.29. The van der Waals surface area contributed by atoms with Crippen LogP contribution in [0.1, 0.15) is 62.1 Å². The van der Waals surface area contributed by atoms with Gasteiger partial charge in [0.05, 0.1) is 7.11 Å². The molecule has 1 aliphatic carbocycles. The fourth-order valence-electron chi connectivity index (χ4n) is 3.25. The summed E-state index contributed by atoms with van der Waals surface area (Å²) < 4.78 is 5.54. The summed E-state index contributed by atoms with van der Waals surface area (Å²) in [5.74, 6) is 2.89. The molecule has 2 unspecified atom stereocenters. The van der Waals surface area contributed by atoms with Crippen LogP contribution in [0.2, 0.25) is 0 Å². The second-order valence-corrected chi connectivity index (χ2v) is 5.90. The van der Waals surface area contributed by atoms with Crippen LogP contribution in [0.4, 0.5) is 0 Å². The Morgan fingerprint density at radius 2 is 1.94 bits per heavy atom. The maximum absolute atomic E-state index is 10.4. The molecular formula is C16H24O2. The Balaban J connectivity index is 2.69. The van der Waals surface area contributed by atoms with Gasteiger partial charge in [0.2, 0.25) is 0 Å². The average molecular weight is 248 g/mol. The van der Waals surface area contributed by atoms with Crippen LogP contribution in [0, 0.1) is 12.8 Å². The minimum atomic E-state index is 0.449. The Bertz CT molecular complexity index is 449. The predicted octanol–water partition coefficient (Wildman–Crippen LogP) is 4.35. The molecular weight excluding hydrogens is 224 g/mol. The van der Waals surface area contributed by atoms with Gasteiger partial charge in [0, 0.05) is 11.1 Å². The Hall–Kier alpha value is -1.18. The lowest BCUT2D eigenvalue weighted by Crippen LogP contribution is -2.18. The highest BCUT2D eigenvalue weighted by Gasteiger charge is 2.32. The Kier molecular flexibility index (Phi) is 3.56. The monoisotopic (exact) mass is 248 g/mol. The Labute approximate surface area is 110 Å².